The highest BCUT2D eigenvalue weighted by atomic mass is 16.5. The number of hydrogen-bond donors (Lipinski definition) is 1. The van der Waals surface area contributed by atoms with Gasteiger partial charge >= 0.3 is 0 Å². The highest BCUT2D eigenvalue weighted by Crippen LogP contribution is 2.19. The van der Waals surface area contributed by atoms with Gasteiger partial charge in [0, 0.05) is 18.9 Å². The van der Waals surface area contributed by atoms with E-state index in [-0.39, 0.29) is 0 Å². The lowest BCUT2D eigenvalue weighted by Gasteiger charge is -2.21. The van der Waals surface area contributed by atoms with Crippen LogP contribution in [-0.4, -0.2) is 42.7 Å². The van der Waals surface area contributed by atoms with Crippen molar-refractivity contribution in [3.05, 3.63) is 72.6 Å². The summed E-state index contributed by atoms with van der Waals surface area (Å²) in [6.45, 7) is 4.74. The minimum Gasteiger partial charge on any atom is -0.492 e. The van der Waals surface area contributed by atoms with Crippen molar-refractivity contribution >= 4 is 0 Å². The van der Waals surface area contributed by atoms with Crippen LogP contribution in [0.3, 0.4) is 0 Å². The molecule has 1 aliphatic rings. The van der Waals surface area contributed by atoms with Gasteiger partial charge in [-0.25, -0.2) is 0 Å². The van der Waals surface area contributed by atoms with Crippen molar-refractivity contribution in [2.75, 3.05) is 32.9 Å². The van der Waals surface area contributed by atoms with Crippen molar-refractivity contribution in [1.82, 2.24) is 9.80 Å². The van der Waals surface area contributed by atoms with Gasteiger partial charge in [0.25, 0.3) is 0 Å². The Morgan fingerprint density at radius 3 is 2.15 bits per heavy atom. The van der Waals surface area contributed by atoms with Crippen LogP contribution < -0.4 is 15.2 Å². The maximum absolute atomic E-state index is 5.83. The fraction of sp³-hybridized carbons (Fsp3) is 0.333. The third-order valence-corrected chi connectivity index (χ3v) is 4.22. The second kappa shape index (κ2) is 9.73. The summed E-state index contributed by atoms with van der Waals surface area (Å²) in [7, 11) is 0. The average Bonchev–Trinajstić information content (AvgIpc) is 3.14. The van der Waals surface area contributed by atoms with E-state index in [1.807, 2.05) is 42.5 Å². The molecule has 0 aliphatic carbocycles. The topological polar surface area (TPSA) is 51.0 Å². The van der Waals surface area contributed by atoms with Crippen LogP contribution in [0.15, 0.2) is 67.0 Å². The van der Waals surface area contributed by atoms with Gasteiger partial charge in [-0.15, -0.1) is 0 Å². The molecule has 3 rings (SSSR count). The zero-order valence-corrected chi connectivity index (χ0v) is 15.1. The van der Waals surface area contributed by atoms with Crippen molar-refractivity contribution in [3.8, 4) is 11.5 Å². The fourth-order valence-electron chi connectivity index (χ4n) is 2.75. The van der Waals surface area contributed by atoms with E-state index in [0.29, 0.717) is 13.2 Å². The van der Waals surface area contributed by atoms with Crippen LogP contribution >= 0.6 is 0 Å². The minimum atomic E-state index is 0.572. The predicted octanol–water partition coefficient (Wildman–Crippen LogP) is 3.04. The van der Waals surface area contributed by atoms with E-state index in [1.54, 1.807) is 0 Å². The van der Waals surface area contributed by atoms with Crippen LogP contribution in [0, 0.1) is 0 Å². The molecule has 0 aromatic heterocycles. The molecule has 138 valence electrons. The Balaban J connectivity index is 1.35. The van der Waals surface area contributed by atoms with E-state index >= 15 is 0 Å². The Hall–Kier alpha value is -2.66. The molecule has 1 heterocycles. The summed E-state index contributed by atoms with van der Waals surface area (Å²) in [5.41, 5.74) is 6.71. The number of ether oxygens (including phenoxy) is 2. The molecule has 0 radical (unpaired) electrons. The number of benzene rings is 2. The molecule has 0 fully saturated rings. The Bertz CT molecular complexity index is 673. The number of nitrogens with zero attached hydrogens (tertiary/aromatic N) is 2. The number of rotatable bonds is 10. The van der Waals surface area contributed by atoms with Crippen LogP contribution in [0.1, 0.15) is 12.0 Å². The lowest BCUT2D eigenvalue weighted by molar-refractivity contribution is 0.216. The summed E-state index contributed by atoms with van der Waals surface area (Å²) in [5.74, 6) is 1.71. The molecule has 2 aromatic rings. The third kappa shape index (κ3) is 5.70. The molecule has 26 heavy (non-hydrogen) atoms. The fourth-order valence-corrected chi connectivity index (χ4v) is 2.75. The lowest BCUT2D eigenvalue weighted by atomic mass is 10.2. The quantitative estimate of drug-likeness (QED) is 0.711. The molecule has 2 aromatic carbocycles. The first-order valence-corrected chi connectivity index (χ1v) is 9.09. The number of nitrogens with two attached hydrogens (primary N) is 1. The van der Waals surface area contributed by atoms with Crippen molar-refractivity contribution in [3.63, 3.8) is 0 Å². The van der Waals surface area contributed by atoms with Gasteiger partial charge in [-0.3, -0.25) is 0 Å². The zero-order valence-electron chi connectivity index (χ0n) is 15.1. The summed E-state index contributed by atoms with van der Waals surface area (Å²) < 4.78 is 11.6. The molecule has 0 amide bonds. The molecule has 0 atom stereocenters. The molecule has 0 spiro atoms. The normalized spacial score (nSPS) is 13.3. The van der Waals surface area contributed by atoms with Crippen LogP contribution in [-0.2, 0) is 6.61 Å². The average molecular weight is 353 g/mol. The van der Waals surface area contributed by atoms with Gasteiger partial charge in [-0.05, 0) is 42.8 Å². The smallest absolute Gasteiger partial charge is 0.120 e. The highest BCUT2D eigenvalue weighted by Gasteiger charge is 2.11. The summed E-state index contributed by atoms with van der Waals surface area (Å²) in [4.78, 5) is 4.51. The van der Waals surface area contributed by atoms with Crippen molar-refractivity contribution in [2.24, 2.45) is 5.73 Å². The second-order valence-electron chi connectivity index (χ2n) is 6.30. The monoisotopic (exact) mass is 353 g/mol. The predicted molar refractivity (Wildman–Crippen MR) is 104 cm³/mol. The van der Waals surface area contributed by atoms with E-state index < -0.39 is 0 Å². The SMILES string of the molecule is NCCCN1C=CN(CCOc2ccc(OCc3ccccc3)cc2)C1. The van der Waals surface area contributed by atoms with Gasteiger partial charge in [0.1, 0.15) is 24.7 Å². The van der Waals surface area contributed by atoms with Gasteiger partial charge in [-0.2, -0.15) is 0 Å². The van der Waals surface area contributed by atoms with Gasteiger partial charge in [0.15, 0.2) is 0 Å². The van der Waals surface area contributed by atoms with Gasteiger partial charge in [0.2, 0.25) is 0 Å². The van der Waals surface area contributed by atoms with Gasteiger partial charge < -0.3 is 25.0 Å². The molecular formula is C21H27N3O2. The van der Waals surface area contributed by atoms with Crippen LogP contribution in [0.5, 0.6) is 11.5 Å². The molecule has 0 unspecified atom stereocenters. The molecule has 2 N–H and O–H groups in total. The van der Waals surface area contributed by atoms with Crippen LogP contribution in [0.4, 0.5) is 0 Å². The Morgan fingerprint density at radius 1 is 0.808 bits per heavy atom. The standard InChI is InChI=1S/C21H27N3O2/c22-11-4-12-23-13-14-24(18-23)15-16-25-20-7-9-21(10-8-20)26-17-19-5-2-1-3-6-19/h1-3,5-10,13-14H,4,11-12,15-18,22H2. The second-order valence-corrected chi connectivity index (χ2v) is 6.30. The number of hydrogen-bond acceptors (Lipinski definition) is 5. The minimum absolute atomic E-state index is 0.572. The first-order chi connectivity index (χ1) is 12.8. The van der Waals surface area contributed by atoms with E-state index in [4.69, 9.17) is 15.2 Å². The Labute approximate surface area is 155 Å². The molecular weight excluding hydrogens is 326 g/mol. The molecule has 0 bridgehead atoms. The van der Waals surface area contributed by atoms with Crippen LogP contribution in [0.2, 0.25) is 0 Å². The van der Waals surface area contributed by atoms with Crippen molar-refractivity contribution in [2.45, 2.75) is 13.0 Å². The van der Waals surface area contributed by atoms with E-state index in [9.17, 15) is 0 Å². The first-order valence-electron chi connectivity index (χ1n) is 9.09. The zero-order chi connectivity index (χ0) is 18.0. The van der Waals surface area contributed by atoms with Crippen LogP contribution in [0.25, 0.3) is 0 Å². The molecule has 0 saturated heterocycles. The first kappa shape index (κ1) is 18.1. The summed E-state index contributed by atoms with van der Waals surface area (Å²) >= 11 is 0. The van der Waals surface area contributed by atoms with Crippen molar-refractivity contribution < 1.29 is 9.47 Å². The third-order valence-electron chi connectivity index (χ3n) is 4.22. The summed E-state index contributed by atoms with van der Waals surface area (Å²) in [6.07, 6.45) is 5.25. The van der Waals surface area contributed by atoms with Crippen molar-refractivity contribution in [1.29, 1.82) is 0 Å². The maximum Gasteiger partial charge on any atom is 0.120 e. The maximum atomic E-state index is 5.83. The summed E-state index contributed by atoms with van der Waals surface area (Å²) in [5, 5.41) is 0. The lowest BCUT2D eigenvalue weighted by Crippen LogP contribution is -2.29. The van der Waals surface area contributed by atoms with E-state index in [1.165, 1.54) is 0 Å². The van der Waals surface area contributed by atoms with Gasteiger partial charge in [-0.1, -0.05) is 30.3 Å². The molecule has 0 saturated carbocycles. The summed E-state index contributed by atoms with van der Waals surface area (Å²) in [6, 6.07) is 18.0. The molecule has 1 aliphatic heterocycles. The van der Waals surface area contributed by atoms with Gasteiger partial charge in [0.05, 0.1) is 13.2 Å². The van der Waals surface area contributed by atoms with E-state index in [0.717, 1.165) is 49.8 Å². The Morgan fingerprint density at radius 2 is 1.46 bits per heavy atom. The molecule has 5 heteroatoms. The largest absolute Gasteiger partial charge is 0.492 e. The highest BCUT2D eigenvalue weighted by molar-refractivity contribution is 5.31. The Kier molecular flexibility index (Phi) is 6.79. The molecule has 5 nitrogen and oxygen atoms in total. The van der Waals surface area contributed by atoms with E-state index in [2.05, 4.69) is 34.3 Å².